The number of benzene rings is 1. The minimum absolute atomic E-state index is 0.0967. The van der Waals surface area contributed by atoms with E-state index in [4.69, 9.17) is 5.11 Å². The first-order chi connectivity index (χ1) is 9.40. The normalized spacial score (nSPS) is 9.90. The van der Waals surface area contributed by atoms with Crippen molar-refractivity contribution in [3.63, 3.8) is 0 Å². The van der Waals surface area contributed by atoms with E-state index >= 15 is 0 Å². The summed E-state index contributed by atoms with van der Waals surface area (Å²) in [4.78, 5) is 34.0. The minimum Gasteiger partial charge on any atom is -0.481 e. The van der Waals surface area contributed by atoms with Crippen LogP contribution in [0.3, 0.4) is 0 Å². The zero-order chi connectivity index (χ0) is 15.1. The van der Waals surface area contributed by atoms with Gasteiger partial charge in [0.2, 0.25) is 5.91 Å². The van der Waals surface area contributed by atoms with Gasteiger partial charge in [-0.2, -0.15) is 0 Å². The molecule has 0 aliphatic rings. The number of aliphatic carboxylic acids is 1. The highest BCUT2D eigenvalue weighted by molar-refractivity contribution is 5.92. The highest BCUT2D eigenvalue weighted by atomic mass is 16.4. The predicted octanol–water partition coefficient (Wildman–Crippen LogP) is 1.39. The monoisotopic (exact) mass is 278 g/mol. The zero-order valence-corrected chi connectivity index (χ0v) is 11.5. The van der Waals surface area contributed by atoms with E-state index in [2.05, 4.69) is 5.32 Å². The molecule has 6 heteroatoms. The predicted molar refractivity (Wildman–Crippen MR) is 73.1 cm³/mol. The van der Waals surface area contributed by atoms with Crippen LogP contribution in [0.2, 0.25) is 0 Å². The molecule has 1 aromatic carbocycles. The molecule has 0 aromatic heterocycles. The molecule has 0 aliphatic carbocycles. The third-order valence-electron chi connectivity index (χ3n) is 2.87. The van der Waals surface area contributed by atoms with Crippen LogP contribution in [0, 0.1) is 0 Å². The van der Waals surface area contributed by atoms with Crippen LogP contribution in [-0.2, 0) is 22.6 Å². The number of nitrogens with one attached hydrogen (secondary N) is 1. The Morgan fingerprint density at radius 3 is 2.20 bits per heavy atom. The van der Waals surface area contributed by atoms with Gasteiger partial charge in [-0.05, 0) is 17.5 Å². The lowest BCUT2D eigenvalue weighted by atomic mass is 10.1. The van der Waals surface area contributed by atoms with Gasteiger partial charge < -0.3 is 10.4 Å². The lowest BCUT2D eigenvalue weighted by molar-refractivity contribution is -0.137. The maximum atomic E-state index is 11.5. The number of carboxylic acids is 1. The van der Waals surface area contributed by atoms with Gasteiger partial charge in [0, 0.05) is 26.9 Å². The van der Waals surface area contributed by atoms with Gasteiger partial charge in [0.25, 0.3) is 0 Å². The van der Waals surface area contributed by atoms with Gasteiger partial charge in [0.05, 0.1) is 0 Å². The Labute approximate surface area is 117 Å². The minimum atomic E-state index is -0.825. The summed E-state index contributed by atoms with van der Waals surface area (Å²) in [6.07, 6.45) is 0.578. The molecule has 3 amide bonds. The van der Waals surface area contributed by atoms with E-state index in [0.717, 1.165) is 16.0 Å². The molecule has 1 rings (SSSR count). The summed E-state index contributed by atoms with van der Waals surface area (Å²) in [6.45, 7) is 1.63. The molecular formula is C14H18N2O4. The molecule has 0 unspecified atom stereocenters. The van der Waals surface area contributed by atoms with E-state index in [1.807, 2.05) is 24.3 Å². The summed E-state index contributed by atoms with van der Waals surface area (Å²) in [5.74, 6) is -1.15. The molecule has 0 fully saturated rings. The zero-order valence-electron chi connectivity index (χ0n) is 11.5. The highest BCUT2D eigenvalue weighted by Crippen LogP contribution is 2.07. The number of amides is 3. The number of aryl methyl sites for hydroxylation is 1. The number of urea groups is 1. The Balaban J connectivity index is 2.47. The molecule has 6 nitrogen and oxygen atoms in total. The Hall–Kier alpha value is -2.37. The smallest absolute Gasteiger partial charge is 0.324 e. The first-order valence-corrected chi connectivity index (χ1v) is 6.22. The van der Waals surface area contributed by atoms with E-state index < -0.39 is 12.0 Å². The van der Waals surface area contributed by atoms with Crippen LogP contribution < -0.4 is 5.32 Å². The van der Waals surface area contributed by atoms with E-state index in [0.29, 0.717) is 13.0 Å². The summed E-state index contributed by atoms with van der Waals surface area (Å²) in [7, 11) is 1.41. The van der Waals surface area contributed by atoms with Gasteiger partial charge in [-0.3, -0.25) is 14.5 Å². The van der Waals surface area contributed by atoms with E-state index in [1.165, 1.54) is 14.0 Å². The number of rotatable bonds is 5. The number of hydrogen-bond acceptors (Lipinski definition) is 3. The largest absolute Gasteiger partial charge is 0.481 e. The molecule has 0 radical (unpaired) electrons. The molecule has 0 bridgehead atoms. The molecule has 20 heavy (non-hydrogen) atoms. The topological polar surface area (TPSA) is 86.7 Å². The molecular weight excluding hydrogens is 260 g/mol. The van der Waals surface area contributed by atoms with Gasteiger partial charge >= 0.3 is 12.0 Å². The quantitative estimate of drug-likeness (QED) is 0.852. The molecule has 0 aliphatic heterocycles. The first kappa shape index (κ1) is 15.7. The number of carbonyl (C=O) groups is 3. The fourth-order valence-corrected chi connectivity index (χ4v) is 1.51. The third kappa shape index (κ3) is 5.09. The van der Waals surface area contributed by atoms with Crippen molar-refractivity contribution in [3.8, 4) is 0 Å². The van der Waals surface area contributed by atoms with Crippen LogP contribution in [0.25, 0.3) is 0 Å². The average Bonchev–Trinajstić information content (AvgIpc) is 2.42. The summed E-state index contributed by atoms with van der Waals surface area (Å²) in [6, 6.07) is 6.86. The van der Waals surface area contributed by atoms with Crippen molar-refractivity contribution in [2.45, 2.75) is 26.3 Å². The lowest BCUT2D eigenvalue weighted by Gasteiger charge is -2.14. The SMILES string of the molecule is CC(=O)N(C)C(=O)NCc1ccc(CCC(=O)O)cc1. The van der Waals surface area contributed by atoms with Crippen LogP contribution in [-0.4, -0.2) is 35.0 Å². The van der Waals surface area contributed by atoms with Gasteiger partial charge in [0.1, 0.15) is 0 Å². The number of hydrogen-bond donors (Lipinski definition) is 2. The third-order valence-corrected chi connectivity index (χ3v) is 2.87. The second-order valence-corrected chi connectivity index (χ2v) is 4.45. The van der Waals surface area contributed by atoms with Crippen LogP contribution in [0.5, 0.6) is 0 Å². The van der Waals surface area contributed by atoms with Crippen molar-refractivity contribution in [3.05, 3.63) is 35.4 Å². The van der Waals surface area contributed by atoms with Crippen LogP contribution in [0.1, 0.15) is 24.5 Å². The molecule has 108 valence electrons. The summed E-state index contributed by atoms with van der Waals surface area (Å²) < 4.78 is 0. The highest BCUT2D eigenvalue weighted by Gasteiger charge is 2.11. The van der Waals surface area contributed by atoms with Crippen molar-refractivity contribution < 1.29 is 19.5 Å². The second-order valence-electron chi connectivity index (χ2n) is 4.45. The fourth-order valence-electron chi connectivity index (χ4n) is 1.51. The number of imide groups is 1. The van der Waals surface area contributed by atoms with Crippen LogP contribution in [0.4, 0.5) is 4.79 Å². The Morgan fingerprint density at radius 1 is 1.15 bits per heavy atom. The molecule has 0 heterocycles. The van der Waals surface area contributed by atoms with Gasteiger partial charge in [-0.1, -0.05) is 24.3 Å². The van der Waals surface area contributed by atoms with Gasteiger partial charge in [-0.25, -0.2) is 4.79 Å². The summed E-state index contributed by atoms with van der Waals surface area (Å²) in [5.41, 5.74) is 1.82. The fraction of sp³-hybridized carbons (Fsp3) is 0.357. The Morgan fingerprint density at radius 2 is 1.70 bits per heavy atom. The lowest BCUT2D eigenvalue weighted by Crippen LogP contribution is -2.39. The maximum absolute atomic E-state index is 11.5. The first-order valence-electron chi connectivity index (χ1n) is 6.22. The molecule has 0 saturated carbocycles. The molecule has 0 saturated heterocycles. The van der Waals surface area contributed by atoms with E-state index in [-0.39, 0.29) is 12.3 Å². The van der Waals surface area contributed by atoms with Crippen molar-refractivity contribution in [1.82, 2.24) is 10.2 Å². The molecule has 0 atom stereocenters. The van der Waals surface area contributed by atoms with E-state index in [1.54, 1.807) is 0 Å². The number of nitrogens with zero attached hydrogens (tertiary/aromatic N) is 1. The standard InChI is InChI=1S/C14H18N2O4/c1-10(17)16(2)14(20)15-9-12-5-3-11(4-6-12)7-8-13(18)19/h3-6H,7-9H2,1-2H3,(H,15,20)(H,18,19). The van der Waals surface area contributed by atoms with Crippen LogP contribution >= 0.6 is 0 Å². The van der Waals surface area contributed by atoms with E-state index in [9.17, 15) is 14.4 Å². The van der Waals surface area contributed by atoms with Crippen molar-refractivity contribution in [1.29, 1.82) is 0 Å². The Kier molecular flexibility index (Phi) is 5.71. The molecule has 0 spiro atoms. The summed E-state index contributed by atoms with van der Waals surface area (Å²) >= 11 is 0. The van der Waals surface area contributed by atoms with Gasteiger partial charge in [-0.15, -0.1) is 0 Å². The van der Waals surface area contributed by atoms with Crippen molar-refractivity contribution in [2.75, 3.05) is 7.05 Å². The maximum Gasteiger partial charge on any atom is 0.324 e. The number of carbonyl (C=O) groups excluding carboxylic acids is 2. The Bertz CT molecular complexity index is 496. The van der Waals surface area contributed by atoms with Crippen LogP contribution in [0.15, 0.2) is 24.3 Å². The average molecular weight is 278 g/mol. The second kappa shape index (κ2) is 7.28. The molecule has 1 aromatic rings. The molecule has 2 N–H and O–H groups in total. The van der Waals surface area contributed by atoms with Crippen molar-refractivity contribution >= 4 is 17.9 Å². The van der Waals surface area contributed by atoms with Gasteiger partial charge in [0.15, 0.2) is 0 Å². The van der Waals surface area contributed by atoms with Crippen molar-refractivity contribution in [2.24, 2.45) is 0 Å². The number of carboxylic acid groups (broad SMARTS) is 1. The summed E-state index contributed by atoms with van der Waals surface area (Å²) in [5, 5.41) is 11.2.